The van der Waals surface area contributed by atoms with Crippen LogP contribution in [0.5, 0.6) is 0 Å². The predicted molar refractivity (Wildman–Crippen MR) is 71.5 cm³/mol. The smallest absolute Gasteiger partial charge is 0.323 e. The lowest BCUT2D eigenvalue weighted by Gasteiger charge is -2.33. The zero-order valence-corrected chi connectivity index (χ0v) is 12.1. The Morgan fingerprint density at radius 1 is 1.26 bits per heavy atom. The lowest BCUT2D eigenvalue weighted by Crippen LogP contribution is -2.49. The van der Waals surface area contributed by atoms with Crippen molar-refractivity contribution in [1.29, 1.82) is 5.26 Å². The molecule has 0 aliphatic carbocycles. The van der Waals surface area contributed by atoms with Crippen molar-refractivity contribution in [3.63, 3.8) is 0 Å². The fourth-order valence-electron chi connectivity index (χ4n) is 1.74. The largest absolute Gasteiger partial charge is 0.480 e. The van der Waals surface area contributed by atoms with Crippen molar-refractivity contribution >= 4 is 12.0 Å². The maximum Gasteiger partial charge on any atom is 0.323 e. The summed E-state index contributed by atoms with van der Waals surface area (Å²) in [5, 5.41) is 17.5. The summed E-state index contributed by atoms with van der Waals surface area (Å²) < 4.78 is 0. The molecule has 2 amide bonds. The highest BCUT2D eigenvalue weighted by Crippen LogP contribution is 2.08. The molecule has 0 aliphatic heterocycles. The summed E-state index contributed by atoms with van der Waals surface area (Å²) >= 11 is 0. The molecule has 0 unspecified atom stereocenters. The Labute approximate surface area is 114 Å². The number of hydrogen-bond acceptors (Lipinski definition) is 3. The maximum atomic E-state index is 12.3. The Morgan fingerprint density at radius 3 is 2.21 bits per heavy atom. The number of rotatable bonds is 7. The van der Waals surface area contributed by atoms with Crippen LogP contribution >= 0.6 is 0 Å². The van der Waals surface area contributed by atoms with E-state index in [1.807, 2.05) is 33.8 Å². The van der Waals surface area contributed by atoms with Crippen LogP contribution in [0.3, 0.4) is 0 Å². The van der Waals surface area contributed by atoms with Crippen LogP contribution in [0, 0.1) is 17.2 Å². The first-order valence-electron chi connectivity index (χ1n) is 6.43. The number of aliphatic carboxylic acids is 1. The zero-order chi connectivity index (χ0) is 15.0. The van der Waals surface area contributed by atoms with Gasteiger partial charge in [-0.1, -0.05) is 13.8 Å². The van der Waals surface area contributed by atoms with Crippen molar-refractivity contribution in [1.82, 2.24) is 9.80 Å². The molecule has 0 aliphatic rings. The van der Waals surface area contributed by atoms with Gasteiger partial charge in [0.25, 0.3) is 0 Å². The van der Waals surface area contributed by atoms with E-state index in [1.54, 1.807) is 0 Å². The molecule has 0 heterocycles. The number of carbonyl (C=O) groups is 2. The predicted octanol–water partition coefficient (Wildman–Crippen LogP) is 1.77. The van der Waals surface area contributed by atoms with Gasteiger partial charge in [0, 0.05) is 19.1 Å². The van der Waals surface area contributed by atoms with E-state index in [2.05, 4.69) is 0 Å². The highest BCUT2D eigenvalue weighted by molar-refractivity contribution is 5.80. The highest BCUT2D eigenvalue weighted by Gasteiger charge is 2.25. The van der Waals surface area contributed by atoms with Crippen molar-refractivity contribution in [3.05, 3.63) is 0 Å². The number of urea groups is 1. The third-order valence-electron chi connectivity index (χ3n) is 2.52. The van der Waals surface area contributed by atoms with Gasteiger partial charge in [-0.05, 0) is 19.8 Å². The average Bonchev–Trinajstić information content (AvgIpc) is 2.26. The maximum absolute atomic E-state index is 12.3. The standard InChI is InChI=1S/C13H23N3O3/c1-10(2)8-15(9-12(17)18)13(19)16(11(3)4)7-5-6-14/h10-11H,5,7-9H2,1-4H3,(H,17,18). The summed E-state index contributed by atoms with van der Waals surface area (Å²) in [5.74, 6) is -0.841. The lowest BCUT2D eigenvalue weighted by atomic mass is 10.2. The number of nitriles is 1. The Hall–Kier alpha value is -1.77. The number of carboxylic acids is 1. The molecule has 19 heavy (non-hydrogen) atoms. The van der Waals surface area contributed by atoms with E-state index in [1.165, 1.54) is 9.80 Å². The second kappa shape index (κ2) is 8.35. The van der Waals surface area contributed by atoms with Gasteiger partial charge in [-0.15, -0.1) is 0 Å². The van der Waals surface area contributed by atoms with Crippen molar-refractivity contribution < 1.29 is 14.7 Å². The van der Waals surface area contributed by atoms with Crippen molar-refractivity contribution in [2.75, 3.05) is 19.6 Å². The molecule has 0 rings (SSSR count). The summed E-state index contributed by atoms with van der Waals surface area (Å²) in [7, 11) is 0. The fraction of sp³-hybridized carbons (Fsp3) is 0.769. The molecule has 0 bridgehead atoms. The van der Waals surface area contributed by atoms with Crippen molar-refractivity contribution in [2.24, 2.45) is 5.92 Å². The summed E-state index contributed by atoms with van der Waals surface area (Å²) in [6, 6.07) is 1.62. The van der Waals surface area contributed by atoms with Gasteiger partial charge in [0.1, 0.15) is 6.54 Å². The van der Waals surface area contributed by atoms with E-state index in [-0.39, 0.29) is 31.0 Å². The van der Waals surface area contributed by atoms with Gasteiger partial charge in [-0.2, -0.15) is 5.26 Å². The molecular formula is C13H23N3O3. The van der Waals surface area contributed by atoms with Crippen LogP contribution in [0.25, 0.3) is 0 Å². The van der Waals surface area contributed by atoms with Gasteiger partial charge >= 0.3 is 12.0 Å². The fourth-order valence-corrected chi connectivity index (χ4v) is 1.74. The first kappa shape index (κ1) is 17.2. The molecule has 108 valence electrons. The number of hydrogen-bond donors (Lipinski definition) is 1. The number of carbonyl (C=O) groups excluding carboxylic acids is 1. The molecule has 6 nitrogen and oxygen atoms in total. The molecule has 0 fully saturated rings. The number of amides is 2. The van der Waals surface area contributed by atoms with E-state index in [4.69, 9.17) is 10.4 Å². The molecule has 6 heteroatoms. The van der Waals surface area contributed by atoms with Gasteiger partial charge < -0.3 is 14.9 Å². The Bertz CT molecular complexity index is 348. The molecule has 1 N–H and O–H groups in total. The first-order chi connectivity index (χ1) is 8.79. The summed E-state index contributed by atoms with van der Waals surface area (Å²) in [6.07, 6.45) is 0.243. The van der Waals surface area contributed by atoms with Crippen molar-refractivity contribution in [2.45, 2.75) is 40.2 Å². The monoisotopic (exact) mass is 269 g/mol. The normalized spacial score (nSPS) is 10.4. The van der Waals surface area contributed by atoms with E-state index >= 15 is 0 Å². The highest BCUT2D eigenvalue weighted by atomic mass is 16.4. The molecule has 0 radical (unpaired) electrons. The molecule has 0 aromatic carbocycles. The van der Waals surface area contributed by atoms with Crippen molar-refractivity contribution in [3.8, 4) is 6.07 Å². The number of carboxylic acid groups (broad SMARTS) is 1. The topological polar surface area (TPSA) is 84.6 Å². The van der Waals surface area contributed by atoms with Gasteiger partial charge in [0.15, 0.2) is 0 Å². The van der Waals surface area contributed by atoms with Gasteiger partial charge in [0.2, 0.25) is 0 Å². The Balaban J connectivity index is 4.90. The van der Waals surface area contributed by atoms with Gasteiger partial charge in [-0.3, -0.25) is 4.79 Å². The third-order valence-corrected chi connectivity index (χ3v) is 2.52. The van der Waals surface area contributed by atoms with Crippen LogP contribution in [0.15, 0.2) is 0 Å². The van der Waals surface area contributed by atoms with Crippen LogP contribution in [0.4, 0.5) is 4.79 Å². The van der Waals surface area contributed by atoms with Crippen LogP contribution in [-0.4, -0.2) is 52.6 Å². The summed E-state index contributed by atoms with van der Waals surface area (Å²) in [4.78, 5) is 26.0. The van der Waals surface area contributed by atoms with Crippen LogP contribution < -0.4 is 0 Å². The molecule has 0 saturated heterocycles. The van der Waals surface area contributed by atoms with E-state index < -0.39 is 5.97 Å². The average molecular weight is 269 g/mol. The zero-order valence-electron chi connectivity index (χ0n) is 12.1. The Kier molecular flexibility index (Phi) is 7.57. The van der Waals surface area contributed by atoms with Crippen LogP contribution in [-0.2, 0) is 4.79 Å². The molecule has 0 saturated carbocycles. The van der Waals surface area contributed by atoms with Gasteiger partial charge in [-0.25, -0.2) is 4.79 Å². The minimum atomic E-state index is -1.03. The molecular weight excluding hydrogens is 246 g/mol. The lowest BCUT2D eigenvalue weighted by molar-refractivity contribution is -0.137. The molecule has 0 aromatic heterocycles. The van der Waals surface area contributed by atoms with E-state index in [9.17, 15) is 9.59 Å². The van der Waals surface area contributed by atoms with Gasteiger partial charge in [0.05, 0.1) is 12.5 Å². The first-order valence-corrected chi connectivity index (χ1v) is 6.43. The SMILES string of the molecule is CC(C)CN(CC(=O)O)C(=O)N(CCC#N)C(C)C. The summed E-state index contributed by atoms with van der Waals surface area (Å²) in [6.45, 7) is 7.95. The number of nitrogens with zero attached hydrogens (tertiary/aromatic N) is 3. The second-order valence-electron chi connectivity index (χ2n) is 5.15. The minimum absolute atomic E-state index is 0.0655. The van der Waals surface area contributed by atoms with Crippen LogP contribution in [0.1, 0.15) is 34.1 Å². The third kappa shape index (κ3) is 6.65. The second-order valence-corrected chi connectivity index (χ2v) is 5.15. The Morgan fingerprint density at radius 2 is 1.84 bits per heavy atom. The minimum Gasteiger partial charge on any atom is -0.480 e. The molecule has 0 aromatic rings. The van der Waals surface area contributed by atoms with E-state index in [0.29, 0.717) is 13.1 Å². The van der Waals surface area contributed by atoms with E-state index in [0.717, 1.165) is 0 Å². The molecule has 0 atom stereocenters. The molecule has 0 spiro atoms. The quantitative estimate of drug-likeness (QED) is 0.763. The summed E-state index contributed by atoms with van der Waals surface area (Å²) in [5.41, 5.74) is 0. The van der Waals surface area contributed by atoms with Crippen LogP contribution in [0.2, 0.25) is 0 Å².